The zero-order valence-corrected chi connectivity index (χ0v) is 12.3. The summed E-state index contributed by atoms with van der Waals surface area (Å²) in [5.74, 6) is 1.89. The van der Waals surface area contributed by atoms with E-state index in [1.54, 1.807) is 0 Å². The number of hydrogen-bond donors (Lipinski definition) is 1. The summed E-state index contributed by atoms with van der Waals surface area (Å²) in [7, 11) is 0. The molecule has 1 N–H and O–H groups in total. The maximum atomic E-state index is 3.86. The van der Waals surface area contributed by atoms with Crippen molar-refractivity contribution in [3.8, 4) is 11.1 Å². The summed E-state index contributed by atoms with van der Waals surface area (Å²) in [5, 5.41) is 3.86. The SMILES string of the molecule is c1ccc2c(c1)Cc1cc(NC(C3CC3)C3CC3)ccc1-2. The molecule has 0 amide bonds. The van der Waals surface area contributed by atoms with Crippen LogP contribution < -0.4 is 5.32 Å². The zero-order chi connectivity index (χ0) is 13.8. The third-order valence-electron chi connectivity index (χ3n) is 5.39. The lowest BCUT2D eigenvalue weighted by Crippen LogP contribution is -2.24. The molecular weight excluding hydrogens is 254 g/mol. The van der Waals surface area contributed by atoms with Crippen LogP contribution in [-0.4, -0.2) is 6.04 Å². The van der Waals surface area contributed by atoms with Crippen molar-refractivity contribution >= 4 is 5.69 Å². The van der Waals surface area contributed by atoms with Crippen molar-refractivity contribution in [3.63, 3.8) is 0 Å². The smallest absolute Gasteiger partial charge is 0.0345 e. The summed E-state index contributed by atoms with van der Waals surface area (Å²) in [6.07, 6.45) is 6.84. The second-order valence-electron chi connectivity index (χ2n) is 7.05. The van der Waals surface area contributed by atoms with Crippen LogP contribution in [0.4, 0.5) is 5.69 Å². The predicted molar refractivity (Wildman–Crippen MR) is 87.5 cm³/mol. The molecule has 0 aliphatic heterocycles. The molecule has 2 fully saturated rings. The number of hydrogen-bond acceptors (Lipinski definition) is 1. The molecule has 0 heterocycles. The first-order chi connectivity index (χ1) is 10.4. The molecule has 1 nitrogen and oxygen atoms in total. The molecule has 0 unspecified atom stereocenters. The first-order valence-corrected chi connectivity index (χ1v) is 8.36. The number of nitrogens with one attached hydrogen (secondary N) is 1. The van der Waals surface area contributed by atoms with E-state index in [0.717, 1.165) is 24.3 Å². The van der Waals surface area contributed by atoms with Crippen molar-refractivity contribution in [1.29, 1.82) is 0 Å². The Morgan fingerprint density at radius 3 is 2.29 bits per heavy atom. The van der Waals surface area contributed by atoms with Crippen LogP contribution in [0.3, 0.4) is 0 Å². The molecule has 2 saturated carbocycles. The summed E-state index contributed by atoms with van der Waals surface area (Å²) < 4.78 is 0. The molecule has 0 radical (unpaired) electrons. The lowest BCUT2D eigenvalue weighted by Gasteiger charge is -2.19. The average Bonchev–Trinajstić information content (AvgIpc) is 3.41. The van der Waals surface area contributed by atoms with Crippen molar-refractivity contribution in [1.82, 2.24) is 0 Å². The van der Waals surface area contributed by atoms with Crippen molar-refractivity contribution < 1.29 is 0 Å². The van der Waals surface area contributed by atoms with Crippen LogP contribution >= 0.6 is 0 Å². The van der Waals surface area contributed by atoms with Gasteiger partial charge in [0, 0.05) is 11.7 Å². The monoisotopic (exact) mass is 275 g/mol. The van der Waals surface area contributed by atoms with Gasteiger partial charge in [-0.05, 0) is 78.3 Å². The second kappa shape index (κ2) is 4.37. The van der Waals surface area contributed by atoms with Crippen LogP contribution in [0.1, 0.15) is 36.8 Å². The van der Waals surface area contributed by atoms with Gasteiger partial charge >= 0.3 is 0 Å². The number of rotatable bonds is 4. The highest BCUT2D eigenvalue weighted by Gasteiger charge is 2.41. The van der Waals surface area contributed by atoms with E-state index >= 15 is 0 Å². The van der Waals surface area contributed by atoms with Crippen molar-refractivity contribution in [2.75, 3.05) is 5.32 Å². The van der Waals surface area contributed by atoms with Crippen LogP contribution in [-0.2, 0) is 6.42 Å². The lowest BCUT2D eigenvalue weighted by atomic mass is 10.0. The average molecular weight is 275 g/mol. The highest BCUT2D eigenvalue weighted by atomic mass is 15.0. The Labute approximate surface area is 126 Å². The molecule has 3 aliphatic carbocycles. The maximum Gasteiger partial charge on any atom is 0.0345 e. The number of benzene rings is 2. The molecule has 0 bridgehead atoms. The molecule has 2 aromatic carbocycles. The van der Waals surface area contributed by atoms with Gasteiger partial charge in [0.15, 0.2) is 0 Å². The first-order valence-electron chi connectivity index (χ1n) is 8.36. The van der Waals surface area contributed by atoms with Crippen LogP contribution in [0.2, 0.25) is 0 Å². The van der Waals surface area contributed by atoms with Gasteiger partial charge in [-0.25, -0.2) is 0 Å². The van der Waals surface area contributed by atoms with E-state index in [9.17, 15) is 0 Å². The van der Waals surface area contributed by atoms with Gasteiger partial charge in [-0.2, -0.15) is 0 Å². The van der Waals surface area contributed by atoms with Crippen molar-refractivity contribution in [2.24, 2.45) is 11.8 Å². The summed E-state index contributed by atoms with van der Waals surface area (Å²) >= 11 is 0. The molecule has 0 spiro atoms. The summed E-state index contributed by atoms with van der Waals surface area (Å²) in [5.41, 5.74) is 7.17. The Bertz CT molecular complexity index is 683. The molecule has 2 aromatic rings. The first kappa shape index (κ1) is 11.9. The van der Waals surface area contributed by atoms with E-state index in [4.69, 9.17) is 0 Å². The Balaban J connectivity index is 1.44. The van der Waals surface area contributed by atoms with E-state index in [0.29, 0.717) is 0 Å². The van der Waals surface area contributed by atoms with Crippen molar-refractivity contribution in [2.45, 2.75) is 38.1 Å². The standard InChI is InChI=1S/C20H21N/c1-2-4-18-15(3-1)11-16-12-17(9-10-19(16)18)21-20(13-5-6-13)14-7-8-14/h1-4,9-10,12-14,20-21H,5-8,11H2. The third-order valence-corrected chi connectivity index (χ3v) is 5.39. The molecule has 3 aliphatic rings. The normalized spacial score (nSPS) is 19.5. The Hall–Kier alpha value is -1.76. The summed E-state index contributed by atoms with van der Waals surface area (Å²) in [6.45, 7) is 0. The van der Waals surface area contributed by atoms with Gasteiger partial charge in [0.2, 0.25) is 0 Å². The summed E-state index contributed by atoms with van der Waals surface area (Å²) in [6, 6.07) is 16.6. The van der Waals surface area contributed by atoms with E-state index in [-0.39, 0.29) is 0 Å². The molecule has 21 heavy (non-hydrogen) atoms. The molecule has 106 valence electrons. The van der Waals surface area contributed by atoms with Crippen LogP contribution in [0.15, 0.2) is 42.5 Å². The fourth-order valence-corrected chi connectivity index (χ4v) is 3.96. The van der Waals surface area contributed by atoms with Gasteiger partial charge in [0.1, 0.15) is 0 Å². The van der Waals surface area contributed by atoms with Gasteiger partial charge in [0.05, 0.1) is 0 Å². The number of fused-ring (bicyclic) bond motifs is 3. The molecule has 0 saturated heterocycles. The zero-order valence-electron chi connectivity index (χ0n) is 12.3. The Morgan fingerprint density at radius 1 is 0.810 bits per heavy atom. The summed E-state index contributed by atoms with van der Waals surface area (Å²) in [4.78, 5) is 0. The van der Waals surface area contributed by atoms with Crippen molar-refractivity contribution in [3.05, 3.63) is 53.6 Å². The molecule has 5 rings (SSSR count). The molecule has 0 aromatic heterocycles. The quantitative estimate of drug-likeness (QED) is 0.717. The predicted octanol–water partition coefficient (Wildman–Crippen LogP) is 4.86. The minimum Gasteiger partial charge on any atom is -0.382 e. The topological polar surface area (TPSA) is 12.0 Å². The third kappa shape index (κ3) is 2.07. The highest BCUT2D eigenvalue weighted by Crippen LogP contribution is 2.46. The fourth-order valence-electron chi connectivity index (χ4n) is 3.96. The maximum absolute atomic E-state index is 3.86. The van der Waals surface area contributed by atoms with E-state index in [1.807, 2.05) is 0 Å². The van der Waals surface area contributed by atoms with Gasteiger partial charge < -0.3 is 5.32 Å². The minimum atomic E-state index is 0.742. The largest absolute Gasteiger partial charge is 0.382 e. The van der Waals surface area contributed by atoms with E-state index in [2.05, 4.69) is 47.8 Å². The van der Waals surface area contributed by atoms with Gasteiger partial charge in [-0.1, -0.05) is 30.3 Å². The fraction of sp³-hybridized carbons (Fsp3) is 0.400. The van der Waals surface area contributed by atoms with Crippen LogP contribution in [0.5, 0.6) is 0 Å². The highest BCUT2D eigenvalue weighted by molar-refractivity contribution is 5.78. The van der Waals surface area contributed by atoms with Crippen LogP contribution in [0.25, 0.3) is 11.1 Å². The Morgan fingerprint density at radius 2 is 1.52 bits per heavy atom. The van der Waals surface area contributed by atoms with Gasteiger partial charge in [0.25, 0.3) is 0 Å². The van der Waals surface area contributed by atoms with E-state index < -0.39 is 0 Å². The van der Waals surface area contributed by atoms with Gasteiger partial charge in [-0.3, -0.25) is 0 Å². The van der Waals surface area contributed by atoms with Crippen LogP contribution in [0, 0.1) is 11.8 Å². The lowest BCUT2D eigenvalue weighted by molar-refractivity contribution is 0.568. The second-order valence-corrected chi connectivity index (χ2v) is 7.05. The Kier molecular flexibility index (Phi) is 2.46. The van der Waals surface area contributed by atoms with Gasteiger partial charge in [-0.15, -0.1) is 0 Å². The number of anilines is 1. The molecule has 0 atom stereocenters. The molecular formula is C20H21N. The van der Waals surface area contributed by atoms with E-state index in [1.165, 1.54) is 53.6 Å². The molecule has 1 heteroatoms. The minimum absolute atomic E-state index is 0.742.